The molecule has 0 N–H and O–H groups in total. The van der Waals surface area contributed by atoms with Crippen molar-refractivity contribution in [2.75, 3.05) is 17.1 Å². The summed E-state index contributed by atoms with van der Waals surface area (Å²) in [5.74, 6) is 4.74. The predicted molar refractivity (Wildman–Crippen MR) is 122 cm³/mol. The maximum absolute atomic E-state index is 13.0. The molecule has 1 aromatic heterocycles. The fourth-order valence-electron chi connectivity index (χ4n) is 3.25. The highest BCUT2D eigenvalue weighted by atomic mass is 32.2. The van der Waals surface area contributed by atoms with Crippen LogP contribution in [0.2, 0.25) is 0 Å². The van der Waals surface area contributed by atoms with E-state index in [4.69, 9.17) is 9.15 Å². The number of hydrogen-bond donors (Lipinski definition) is 0. The smallest absolute Gasteiger partial charge is 0.303 e. The Labute approximate surface area is 175 Å². The van der Waals surface area contributed by atoms with Crippen LogP contribution in [0.4, 0.5) is 5.88 Å². The Morgan fingerprint density at radius 2 is 1.83 bits per heavy atom. The molecule has 160 valence electrons. The molecule has 0 aliphatic rings. The minimum Gasteiger partial charge on any atom is -0.458 e. The molecule has 0 aliphatic heterocycles. The lowest BCUT2D eigenvalue weighted by Gasteiger charge is -2.25. The normalized spacial score (nSPS) is 13.1. The van der Waals surface area contributed by atoms with E-state index in [0.717, 1.165) is 48.8 Å². The van der Waals surface area contributed by atoms with Gasteiger partial charge in [-0.2, -0.15) is 0 Å². The van der Waals surface area contributed by atoms with E-state index in [1.165, 1.54) is 6.92 Å². The van der Waals surface area contributed by atoms with Gasteiger partial charge in [-0.1, -0.05) is 57.0 Å². The zero-order valence-corrected chi connectivity index (χ0v) is 18.8. The Kier molecular flexibility index (Phi) is 8.38. The number of furan rings is 1. The molecule has 0 amide bonds. The number of carbonyl (C=O) groups excluding carboxylic acids is 1. The summed E-state index contributed by atoms with van der Waals surface area (Å²) in [5.41, 5.74) is 2.94. The number of hydrogen-bond acceptors (Lipinski definition) is 4. The van der Waals surface area contributed by atoms with Gasteiger partial charge in [0.1, 0.15) is 12.4 Å². The molecule has 0 spiro atoms. The Balaban J connectivity index is 2.70. The van der Waals surface area contributed by atoms with Crippen molar-refractivity contribution in [3.05, 3.63) is 41.7 Å². The SMILES string of the molecule is C=S(C)(=O)N(CCCC)c1oc(COC(C)=O)c(CCCC)c1-c1ccccc1. The molecule has 0 bridgehead atoms. The lowest BCUT2D eigenvalue weighted by molar-refractivity contribution is -0.142. The highest BCUT2D eigenvalue weighted by molar-refractivity contribution is 8.00. The van der Waals surface area contributed by atoms with E-state index in [2.05, 4.69) is 19.7 Å². The third kappa shape index (κ3) is 6.13. The predicted octanol–water partition coefficient (Wildman–Crippen LogP) is 5.22. The van der Waals surface area contributed by atoms with Crippen LogP contribution in [0.15, 0.2) is 34.7 Å². The van der Waals surface area contributed by atoms with Crippen LogP contribution in [0.5, 0.6) is 0 Å². The molecule has 1 aromatic carbocycles. The van der Waals surface area contributed by atoms with Gasteiger partial charge in [-0.3, -0.25) is 9.10 Å². The number of unbranched alkanes of at least 4 members (excludes halogenated alkanes) is 2. The minimum absolute atomic E-state index is 0.0673. The second-order valence-electron chi connectivity index (χ2n) is 7.35. The maximum Gasteiger partial charge on any atom is 0.303 e. The van der Waals surface area contributed by atoms with Gasteiger partial charge in [0.15, 0.2) is 0 Å². The molecule has 0 aliphatic carbocycles. The summed E-state index contributed by atoms with van der Waals surface area (Å²) in [6.07, 6.45) is 6.28. The van der Waals surface area contributed by atoms with E-state index in [0.29, 0.717) is 18.2 Å². The van der Waals surface area contributed by atoms with Crippen LogP contribution >= 0.6 is 0 Å². The standard InChI is InChI=1S/C23H33NO4S/c1-6-8-15-20-21(17-27-18(3)25)28-23(22(20)19-13-11-10-12-14-19)24(16-9-7-2)29(4,5)26/h10-14H,4,6-9,15-17H2,1-3,5H3. The second kappa shape index (κ2) is 10.5. The van der Waals surface area contributed by atoms with Crippen molar-refractivity contribution in [2.24, 2.45) is 0 Å². The Morgan fingerprint density at radius 3 is 2.38 bits per heavy atom. The average molecular weight is 420 g/mol. The molecular formula is C23H33NO4S. The molecular weight excluding hydrogens is 386 g/mol. The fraction of sp³-hybridized carbons (Fsp3) is 0.478. The third-order valence-electron chi connectivity index (χ3n) is 4.73. The molecule has 0 saturated heterocycles. The third-order valence-corrected chi connectivity index (χ3v) is 6.01. The van der Waals surface area contributed by atoms with Crippen molar-refractivity contribution in [1.82, 2.24) is 0 Å². The maximum atomic E-state index is 13.0. The molecule has 1 heterocycles. The van der Waals surface area contributed by atoms with Crippen LogP contribution in [-0.2, 0) is 32.3 Å². The number of benzene rings is 1. The largest absolute Gasteiger partial charge is 0.458 e. The molecule has 0 radical (unpaired) electrons. The van der Waals surface area contributed by atoms with Gasteiger partial charge in [-0.25, -0.2) is 4.21 Å². The van der Waals surface area contributed by atoms with Crippen LogP contribution in [0.1, 0.15) is 57.8 Å². The van der Waals surface area contributed by atoms with Crippen molar-refractivity contribution in [3.63, 3.8) is 0 Å². The Morgan fingerprint density at radius 1 is 1.17 bits per heavy atom. The van der Waals surface area contributed by atoms with E-state index < -0.39 is 9.71 Å². The summed E-state index contributed by atoms with van der Waals surface area (Å²) in [7, 11) is -2.54. The van der Waals surface area contributed by atoms with E-state index in [9.17, 15) is 9.00 Å². The van der Waals surface area contributed by atoms with Gasteiger partial charge < -0.3 is 9.15 Å². The number of anilines is 1. The Bertz CT molecular complexity index is 900. The summed E-state index contributed by atoms with van der Waals surface area (Å²) in [4.78, 5) is 11.4. The molecule has 0 saturated carbocycles. The number of ether oxygens (including phenoxy) is 1. The van der Waals surface area contributed by atoms with Gasteiger partial charge in [0.25, 0.3) is 0 Å². The molecule has 2 rings (SSSR count). The first-order valence-corrected chi connectivity index (χ1v) is 12.3. The summed E-state index contributed by atoms with van der Waals surface area (Å²) >= 11 is 0. The molecule has 6 heteroatoms. The average Bonchev–Trinajstić information content (AvgIpc) is 3.02. The van der Waals surface area contributed by atoms with Crippen LogP contribution in [-0.4, -0.2) is 28.8 Å². The van der Waals surface area contributed by atoms with Crippen molar-refractivity contribution in [1.29, 1.82) is 0 Å². The van der Waals surface area contributed by atoms with Crippen LogP contribution in [0.25, 0.3) is 11.1 Å². The molecule has 5 nitrogen and oxygen atoms in total. The molecule has 1 unspecified atom stereocenters. The molecule has 1 atom stereocenters. The van der Waals surface area contributed by atoms with E-state index >= 15 is 0 Å². The van der Waals surface area contributed by atoms with Gasteiger partial charge in [0.2, 0.25) is 5.88 Å². The summed E-state index contributed by atoms with van der Waals surface area (Å²) in [6, 6.07) is 9.97. The molecule has 2 aromatic rings. The topological polar surface area (TPSA) is 59.8 Å². The monoisotopic (exact) mass is 419 g/mol. The van der Waals surface area contributed by atoms with E-state index in [-0.39, 0.29) is 12.6 Å². The first kappa shape index (κ1) is 23.1. The van der Waals surface area contributed by atoms with Gasteiger partial charge in [0.05, 0.1) is 0 Å². The van der Waals surface area contributed by atoms with Crippen molar-refractivity contribution >= 4 is 27.4 Å². The zero-order chi connectivity index (χ0) is 21.4. The summed E-state index contributed by atoms with van der Waals surface area (Å²) in [6.45, 7) is 6.27. The number of esters is 1. The first-order chi connectivity index (χ1) is 13.8. The second-order valence-corrected chi connectivity index (χ2v) is 9.71. The molecule has 0 fully saturated rings. The van der Waals surface area contributed by atoms with E-state index in [1.54, 1.807) is 10.6 Å². The van der Waals surface area contributed by atoms with E-state index in [1.807, 2.05) is 30.3 Å². The van der Waals surface area contributed by atoms with Crippen molar-refractivity contribution < 1.29 is 18.2 Å². The lowest BCUT2D eigenvalue weighted by atomic mass is 9.98. The van der Waals surface area contributed by atoms with Crippen molar-refractivity contribution in [3.8, 4) is 11.1 Å². The van der Waals surface area contributed by atoms with Crippen LogP contribution in [0.3, 0.4) is 0 Å². The van der Waals surface area contributed by atoms with Gasteiger partial charge >= 0.3 is 5.97 Å². The van der Waals surface area contributed by atoms with Gasteiger partial charge in [-0.15, -0.1) is 0 Å². The van der Waals surface area contributed by atoms with Gasteiger partial charge in [-0.05, 0) is 30.7 Å². The number of nitrogens with zero attached hydrogens (tertiary/aromatic N) is 1. The summed E-state index contributed by atoms with van der Waals surface area (Å²) in [5, 5.41) is 0. The first-order valence-electron chi connectivity index (χ1n) is 10.2. The Hall–Kier alpha value is -2.21. The van der Waals surface area contributed by atoms with Crippen molar-refractivity contribution in [2.45, 2.75) is 59.5 Å². The minimum atomic E-state index is -2.54. The highest BCUT2D eigenvalue weighted by Crippen LogP contribution is 2.41. The fourth-order valence-corrected chi connectivity index (χ4v) is 4.24. The quantitative estimate of drug-likeness (QED) is 0.370. The van der Waals surface area contributed by atoms with Crippen LogP contribution < -0.4 is 4.31 Å². The lowest BCUT2D eigenvalue weighted by Crippen LogP contribution is -2.30. The zero-order valence-electron chi connectivity index (χ0n) is 18.0. The van der Waals surface area contributed by atoms with Crippen LogP contribution in [0, 0.1) is 0 Å². The summed E-state index contributed by atoms with van der Waals surface area (Å²) < 4.78 is 26.4. The molecule has 29 heavy (non-hydrogen) atoms. The number of carbonyl (C=O) groups is 1. The van der Waals surface area contributed by atoms with Gasteiger partial charge in [0, 0.05) is 40.6 Å². The number of rotatable bonds is 11. The highest BCUT2D eigenvalue weighted by Gasteiger charge is 2.27.